The zero-order valence-corrected chi connectivity index (χ0v) is 10.8. The van der Waals surface area contributed by atoms with Crippen molar-refractivity contribution in [3.63, 3.8) is 0 Å². The largest absolute Gasteiger partial charge is 0.287 e. The van der Waals surface area contributed by atoms with E-state index in [9.17, 15) is 12.8 Å². The Kier molecular flexibility index (Phi) is 4.62. The normalized spacial score (nSPS) is 12.1. The standard InChI is InChI=1S/C11H16FNO3S/c1-8(2)7-16-13-17(14,15)11-6-9(3)4-5-10(11)12/h4-6,8,13H,7H2,1-3H3. The molecule has 0 saturated carbocycles. The highest BCUT2D eigenvalue weighted by Gasteiger charge is 2.19. The first-order chi connectivity index (χ1) is 7.83. The first-order valence-corrected chi connectivity index (χ1v) is 6.71. The molecule has 0 unspecified atom stereocenters. The quantitative estimate of drug-likeness (QED) is 0.825. The number of benzene rings is 1. The van der Waals surface area contributed by atoms with Gasteiger partial charge in [-0.25, -0.2) is 12.8 Å². The molecule has 0 amide bonds. The highest BCUT2D eigenvalue weighted by atomic mass is 32.2. The van der Waals surface area contributed by atoms with Gasteiger partial charge < -0.3 is 0 Å². The van der Waals surface area contributed by atoms with Crippen LogP contribution in [-0.2, 0) is 14.9 Å². The third kappa shape index (κ3) is 4.07. The molecule has 0 fully saturated rings. The molecule has 0 aromatic heterocycles. The highest BCUT2D eigenvalue weighted by Crippen LogP contribution is 2.15. The lowest BCUT2D eigenvalue weighted by Crippen LogP contribution is -2.26. The zero-order chi connectivity index (χ0) is 13.1. The summed E-state index contributed by atoms with van der Waals surface area (Å²) in [6.45, 7) is 5.67. The van der Waals surface area contributed by atoms with Gasteiger partial charge in [-0.05, 0) is 30.5 Å². The van der Waals surface area contributed by atoms with Gasteiger partial charge in [0, 0.05) is 0 Å². The Bertz CT molecular complexity index is 485. The monoisotopic (exact) mass is 261 g/mol. The molecule has 1 aromatic rings. The molecule has 0 bridgehead atoms. The summed E-state index contributed by atoms with van der Waals surface area (Å²) < 4.78 is 36.8. The van der Waals surface area contributed by atoms with Crippen molar-refractivity contribution in [2.24, 2.45) is 5.92 Å². The Morgan fingerprint density at radius 3 is 2.65 bits per heavy atom. The lowest BCUT2D eigenvalue weighted by molar-refractivity contribution is 0.0717. The fraction of sp³-hybridized carbons (Fsp3) is 0.455. The predicted molar refractivity (Wildman–Crippen MR) is 62.2 cm³/mol. The van der Waals surface area contributed by atoms with Crippen LogP contribution in [-0.4, -0.2) is 15.0 Å². The zero-order valence-electron chi connectivity index (χ0n) is 10.0. The van der Waals surface area contributed by atoms with Crippen molar-refractivity contribution in [1.82, 2.24) is 4.89 Å². The summed E-state index contributed by atoms with van der Waals surface area (Å²) in [5.41, 5.74) is 0.663. The first kappa shape index (κ1) is 14.1. The van der Waals surface area contributed by atoms with Gasteiger partial charge in [-0.2, -0.15) is 0 Å². The number of halogens is 1. The summed E-state index contributed by atoms with van der Waals surface area (Å²) >= 11 is 0. The van der Waals surface area contributed by atoms with Crippen molar-refractivity contribution in [3.05, 3.63) is 29.6 Å². The van der Waals surface area contributed by atoms with Crippen LogP contribution in [0.4, 0.5) is 4.39 Å². The summed E-state index contributed by atoms with van der Waals surface area (Å²) in [6, 6.07) is 3.88. The van der Waals surface area contributed by atoms with Crippen molar-refractivity contribution >= 4 is 10.0 Å². The highest BCUT2D eigenvalue weighted by molar-refractivity contribution is 7.89. The fourth-order valence-corrected chi connectivity index (χ4v) is 2.12. The Hall–Kier alpha value is -0.980. The van der Waals surface area contributed by atoms with Crippen molar-refractivity contribution in [2.45, 2.75) is 25.7 Å². The van der Waals surface area contributed by atoms with Crippen molar-refractivity contribution < 1.29 is 17.6 Å². The van der Waals surface area contributed by atoms with Crippen LogP contribution >= 0.6 is 0 Å². The number of hydrogen-bond acceptors (Lipinski definition) is 3. The van der Waals surface area contributed by atoms with E-state index in [4.69, 9.17) is 4.84 Å². The van der Waals surface area contributed by atoms with Gasteiger partial charge >= 0.3 is 0 Å². The Morgan fingerprint density at radius 1 is 1.41 bits per heavy atom. The van der Waals surface area contributed by atoms with Gasteiger partial charge in [-0.15, -0.1) is 0 Å². The van der Waals surface area contributed by atoms with Crippen LogP contribution < -0.4 is 4.89 Å². The van der Waals surface area contributed by atoms with Gasteiger partial charge in [0.1, 0.15) is 10.7 Å². The molecule has 0 aliphatic rings. The molecule has 1 N–H and O–H groups in total. The molecule has 1 rings (SSSR count). The molecule has 0 atom stereocenters. The second kappa shape index (κ2) is 5.57. The maximum absolute atomic E-state index is 13.4. The van der Waals surface area contributed by atoms with Gasteiger partial charge in [-0.3, -0.25) is 4.84 Å². The molecule has 0 aliphatic heterocycles. The van der Waals surface area contributed by atoms with E-state index in [1.54, 1.807) is 6.92 Å². The minimum atomic E-state index is -3.96. The van der Waals surface area contributed by atoms with Crippen LogP contribution in [0.2, 0.25) is 0 Å². The van der Waals surface area contributed by atoms with E-state index in [0.717, 1.165) is 6.07 Å². The molecule has 17 heavy (non-hydrogen) atoms. The molecule has 0 spiro atoms. The molecule has 0 saturated heterocycles. The fourth-order valence-electron chi connectivity index (χ4n) is 1.14. The predicted octanol–water partition coefficient (Wildman–Crippen LogP) is 2.00. The lowest BCUT2D eigenvalue weighted by Gasteiger charge is -2.09. The summed E-state index contributed by atoms with van der Waals surface area (Å²) in [5, 5.41) is 0. The summed E-state index contributed by atoms with van der Waals surface area (Å²) in [6.07, 6.45) is 0. The van der Waals surface area contributed by atoms with Crippen LogP contribution in [0.3, 0.4) is 0 Å². The number of nitrogens with one attached hydrogen (secondary N) is 1. The van der Waals surface area contributed by atoms with Crippen molar-refractivity contribution in [3.8, 4) is 0 Å². The molecule has 0 heterocycles. The summed E-state index contributed by atoms with van der Waals surface area (Å²) in [4.78, 5) is 6.31. The van der Waals surface area contributed by atoms with Crippen molar-refractivity contribution in [2.75, 3.05) is 6.61 Å². The molecule has 1 aromatic carbocycles. The average molecular weight is 261 g/mol. The molecular formula is C11H16FNO3S. The van der Waals surface area contributed by atoms with E-state index < -0.39 is 20.7 Å². The van der Waals surface area contributed by atoms with E-state index in [-0.39, 0.29) is 12.5 Å². The Labute approximate surface area is 101 Å². The second-order valence-electron chi connectivity index (χ2n) is 4.23. The number of hydrogen-bond donors (Lipinski definition) is 1. The second-order valence-corrected chi connectivity index (χ2v) is 5.84. The average Bonchev–Trinajstić information content (AvgIpc) is 2.20. The van der Waals surface area contributed by atoms with Gasteiger partial charge in [0.05, 0.1) is 6.61 Å². The number of sulfonamides is 1. The Morgan fingerprint density at radius 2 is 2.06 bits per heavy atom. The van der Waals surface area contributed by atoms with E-state index in [1.807, 2.05) is 18.7 Å². The van der Waals surface area contributed by atoms with Gasteiger partial charge in [0.2, 0.25) is 0 Å². The molecular weight excluding hydrogens is 245 g/mol. The van der Waals surface area contributed by atoms with E-state index >= 15 is 0 Å². The maximum atomic E-state index is 13.4. The molecule has 0 radical (unpaired) electrons. The lowest BCUT2D eigenvalue weighted by atomic mass is 10.2. The maximum Gasteiger partial charge on any atom is 0.265 e. The number of aryl methyl sites for hydroxylation is 1. The first-order valence-electron chi connectivity index (χ1n) is 5.22. The molecule has 96 valence electrons. The van der Waals surface area contributed by atoms with Crippen molar-refractivity contribution in [1.29, 1.82) is 0 Å². The topological polar surface area (TPSA) is 55.4 Å². The minimum absolute atomic E-state index is 0.181. The van der Waals surface area contributed by atoms with Crippen LogP contribution in [0.1, 0.15) is 19.4 Å². The summed E-state index contributed by atoms with van der Waals surface area (Å²) in [5.74, 6) is -0.615. The molecule has 6 heteroatoms. The van der Waals surface area contributed by atoms with Gasteiger partial charge in [0.15, 0.2) is 0 Å². The van der Waals surface area contributed by atoms with E-state index in [0.29, 0.717) is 5.56 Å². The SMILES string of the molecule is Cc1ccc(F)c(S(=O)(=O)NOCC(C)C)c1. The van der Waals surface area contributed by atoms with Crippen LogP contribution in [0, 0.1) is 18.7 Å². The van der Waals surface area contributed by atoms with Crippen LogP contribution in [0.25, 0.3) is 0 Å². The number of rotatable bonds is 5. The smallest absolute Gasteiger partial charge is 0.265 e. The van der Waals surface area contributed by atoms with E-state index in [2.05, 4.69) is 0 Å². The third-order valence-electron chi connectivity index (χ3n) is 1.96. The minimum Gasteiger partial charge on any atom is -0.287 e. The summed E-state index contributed by atoms with van der Waals surface area (Å²) in [7, 11) is -3.96. The third-order valence-corrected chi connectivity index (χ3v) is 3.19. The van der Waals surface area contributed by atoms with Gasteiger partial charge in [-0.1, -0.05) is 24.8 Å². The molecule has 0 aliphatic carbocycles. The molecule has 4 nitrogen and oxygen atoms in total. The Balaban J connectivity index is 2.86. The van der Waals surface area contributed by atoms with Gasteiger partial charge in [0.25, 0.3) is 10.0 Å². The van der Waals surface area contributed by atoms with E-state index in [1.165, 1.54) is 12.1 Å². The van der Waals surface area contributed by atoms with Crippen LogP contribution in [0.5, 0.6) is 0 Å². The van der Waals surface area contributed by atoms with Crippen LogP contribution in [0.15, 0.2) is 23.1 Å².